The first-order valence-corrected chi connectivity index (χ1v) is 22.6. The summed E-state index contributed by atoms with van der Waals surface area (Å²) in [5.74, 6) is 0. The lowest BCUT2D eigenvalue weighted by atomic mass is 9.85. The zero-order valence-electron chi connectivity index (χ0n) is 36.4. The molecule has 0 heterocycles. The highest BCUT2D eigenvalue weighted by Crippen LogP contribution is 2.45. The second-order valence-corrected chi connectivity index (χ2v) is 17.2. The number of benzene rings is 10. The summed E-state index contributed by atoms with van der Waals surface area (Å²) in [7, 11) is 0. The fraction of sp³-hybridized carbons (Fsp3) is 0.0476. The maximum atomic E-state index is 2.53. The van der Waals surface area contributed by atoms with E-state index in [1.54, 1.807) is 0 Å². The molecule has 1 aliphatic rings. The van der Waals surface area contributed by atoms with Gasteiger partial charge in [-0.25, -0.2) is 0 Å². The van der Waals surface area contributed by atoms with E-state index in [-0.39, 0.29) is 5.54 Å². The van der Waals surface area contributed by atoms with Gasteiger partial charge in [-0.2, -0.15) is 0 Å². The van der Waals surface area contributed by atoms with E-state index in [2.05, 4.69) is 278 Å². The van der Waals surface area contributed by atoms with E-state index in [1.807, 2.05) is 0 Å². The first-order valence-electron chi connectivity index (χ1n) is 22.6. The van der Waals surface area contributed by atoms with Crippen LogP contribution in [0.4, 0.5) is 28.4 Å². The zero-order valence-corrected chi connectivity index (χ0v) is 36.4. The SMILES string of the molecule is CC1(N(c2ccc(-c3ccc(N(c4cc(-c5ccccc5)cc(-c5ccccc5)c4)c4cccc5ccccc45)cc3)cc2)c2cccc3ccccc23)C=CC(c2ccccc2)=CC1. The fourth-order valence-electron chi connectivity index (χ4n) is 9.62. The number of allylic oxidation sites excluding steroid dienone is 2. The standard InChI is InChI=1S/C63H48N2/c1-63(41-39-51(40-42-63)46-17-5-2-6-18-46)65(62-30-16-26-53-24-12-14-28-60(53)62)57-37-33-50(34-38-57)49-31-35-56(36-32-49)64(61-29-15-25-52-23-11-13-27-59(52)61)58-44-54(47-19-7-3-8-20-47)43-55(45-58)48-21-9-4-10-22-48/h2-41,43-45H,42H2,1H3. The molecule has 1 atom stereocenters. The Labute approximate surface area is 382 Å². The van der Waals surface area contributed by atoms with Crippen molar-refractivity contribution in [2.75, 3.05) is 9.80 Å². The van der Waals surface area contributed by atoms with Crippen molar-refractivity contribution < 1.29 is 0 Å². The fourth-order valence-corrected chi connectivity index (χ4v) is 9.62. The van der Waals surface area contributed by atoms with Gasteiger partial charge in [-0.15, -0.1) is 0 Å². The molecule has 0 radical (unpaired) electrons. The van der Waals surface area contributed by atoms with Crippen LogP contribution in [0.25, 0.3) is 60.5 Å². The van der Waals surface area contributed by atoms with Crippen molar-refractivity contribution in [1.82, 2.24) is 0 Å². The molecule has 0 bridgehead atoms. The van der Waals surface area contributed by atoms with Crippen molar-refractivity contribution in [3.8, 4) is 33.4 Å². The lowest BCUT2D eigenvalue weighted by molar-refractivity contribution is 0.572. The summed E-state index contributed by atoms with van der Waals surface area (Å²) in [6.45, 7) is 2.36. The average molecular weight is 833 g/mol. The molecule has 0 fully saturated rings. The second kappa shape index (κ2) is 17.2. The van der Waals surface area contributed by atoms with Gasteiger partial charge in [0, 0.05) is 33.5 Å². The molecule has 65 heavy (non-hydrogen) atoms. The van der Waals surface area contributed by atoms with Gasteiger partial charge in [0.05, 0.1) is 11.2 Å². The van der Waals surface area contributed by atoms with Crippen LogP contribution >= 0.6 is 0 Å². The highest BCUT2D eigenvalue weighted by Gasteiger charge is 2.33. The van der Waals surface area contributed by atoms with Crippen LogP contribution in [-0.2, 0) is 0 Å². The third kappa shape index (κ3) is 7.81. The van der Waals surface area contributed by atoms with Crippen LogP contribution in [-0.4, -0.2) is 5.54 Å². The Morgan fingerprint density at radius 1 is 0.354 bits per heavy atom. The van der Waals surface area contributed by atoms with E-state index >= 15 is 0 Å². The van der Waals surface area contributed by atoms with Gasteiger partial charge in [-0.05, 0) is 123 Å². The highest BCUT2D eigenvalue weighted by molar-refractivity contribution is 6.00. The largest absolute Gasteiger partial charge is 0.331 e. The molecule has 10 aromatic rings. The molecular formula is C63H48N2. The van der Waals surface area contributed by atoms with Crippen molar-refractivity contribution in [3.63, 3.8) is 0 Å². The average Bonchev–Trinajstić information content (AvgIpc) is 3.38. The molecule has 0 aromatic heterocycles. The molecule has 0 spiro atoms. The third-order valence-corrected chi connectivity index (χ3v) is 13.0. The van der Waals surface area contributed by atoms with Gasteiger partial charge in [-0.3, -0.25) is 0 Å². The quantitative estimate of drug-likeness (QED) is 0.135. The van der Waals surface area contributed by atoms with Crippen LogP contribution in [0.5, 0.6) is 0 Å². The molecule has 1 aliphatic carbocycles. The molecule has 0 N–H and O–H groups in total. The lowest BCUT2D eigenvalue weighted by Gasteiger charge is -2.43. The van der Waals surface area contributed by atoms with Gasteiger partial charge in [0.2, 0.25) is 0 Å². The van der Waals surface area contributed by atoms with Gasteiger partial charge < -0.3 is 9.80 Å². The summed E-state index contributed by atoms with van der Waals surface area (Å²) in [6, 6.07) is 88.0. The number of anilines is 5. The van der Waals surface area contributed by atoms with E-state index < -0.39 is 0 Å². The van der Waals surface area contributed by atoms with E-state index in [1.165, 1.54) is 66.2 Å². The van der Waals surface area contributed by atoms with Crippen LogP contribution in [0, 0.1) is 0 Å². The normalized spacial score (nSPS) is 14.6. The van der Waals surface area contributed by atoms with Crippen LogP contribution < -0.4 is 9.80 Å². The molecule has 2 heteroatoms. The first-order chi connectivity index (χ1) is 32.1. The van der Waals surface area contributed by atoms with E-state index in [9.17, 15) is 0 Å². The molecule has 2 nitrogen and oxygen atoms in total. The number of nitrogens with zero attached hydrogens (tertiary/aromatic N) is 2. The molecule has 310 valence electrons. The van der Waals surface area contributed by atoms with Crippen LogP contribution in [0.15, 0.2) is 261 Å². The Bertz CT molecular complexity index is 3270. The van der Waals surface area contributed by atoms with Crippen LogP contribution in [0.3, 0.4) is 0 Å². The number of hydrogen-bond acceptors (Lipinski definition) is 2. The molecule has 0 aliphatic heterocycles. The van der Waals surface area contributed by atoms with E-state index in [4.69, 9.17) is 0 Å². The third-order valence-electron chi connectivity index (χ3n) is 13.0. The Balaban J connectivity index is 0.984. The minimum atomic E-state index is -0.297. The van der Waals surface area contributed by atoms with Gasteiger partial charge in [0.25, 0.3) is 0 Å². The van der Waals surface area contributed by atoms with Gasteiger partial charge in [0.15, 0.2) is 0 Å². The molecule has 0 saturated heterocycles. The van der Waals surface area contributed by atoms with Crippen molar-refractivity contribution >= 4 is 55.6 Å². The van der Waals surface area contributed by atoms with Gasteiger partial charge >= 0.3 is 0 Å². The van der Waals surface area contributed by atoms with Crippen molar-refractivity contribution in [2.24, 2.45) is 0 Å². The first kappa shape index (κ1) is 39.6. The predicted molar refractivity (Wildman–Crippen MR) is 278 cm³/mol. The minimum Gasteiger partial charge on any atom is -0.331 e. The molecule has 10 aromatic carbocycles. The molecule has 11 rings (SSSR count). The highest BCUT2D eigenvalue weighted by atomic mass is 15.2. The van der Waals surface area contributed by atoms with Crippen LogP contribution in [0.2, 0.25) is 0 Å². The molecule has 1 unspecified atom stereocenters. The predicted octanol–water partition coefficient (Wildman–Crippen LogP) is 17.4. The summed E-state index contributed by atoms with van der Waals surface area (Å²) in [5.41, 5.74) is 14.9. The Hall–Kier alpha value is -8.20. The van der Waals surface area contributed by atoms with Crippen LogP contribution in [0.1, 0.15) is 18.9 Å². The second-order valence-electron chi connectivity index (χ2n) is 17.2. The number of fused-ring (bicyclic) bond motifs is 2. The summed E-state index contributed by atoms with van der Waals surface area (Å²) in [4.78, 5) is 4.96. The smallest absolute Gasteiger partial charge is 0.0643 e. The number of rotatable bonds is 10. The zero-order chi connectivity index (χ0) is 43.6. The lowest BCUT2D eigenvalue weighted by Crippen LogP contribution is -2.42. The molecular weight excluding hydrogens is 785 g/mol. The van der Waals surface area contributed by atoms with Gasteiger partial charge in [-0.1, -0.05) is 206 Å². The topological polar surface area (TPSA) is 6.48 Å². The summed E-state index contributed by atoms with van der Waals surface area (Å²) in [6.07, 6.45) is 7.96. The summed E-state index contributed by atoms with van der Waals surface area (Å²) in [5, 5.41) is 4.88. The van der Waals surface area contributed by atoms with Crippen molar-refractivity contribution in [3.05, 3.63) is 266 Å². The van der Waals surface area contributed by atoms with E-state index in [0.717, 1.165) is 34.7 Å². The van der Waals surface area contributed by atoms with Gasteiger partial charge in [0.1, 0.15) is 0 Å². The minimum absolute atomic E-state index is 0.297. The van der Waals surface area contributed by atoms with Crippen molar-refractivity contribution in [1.29, 1.82) is 0 Å². The Morgan fingerprint density at radius 2 is 0.800 bits per heavy atom. The maximum absolute atomic E-state index is 2.53. The summed E-state index contributed by atoms with van der Waals surface area (Å²) < 4.78 is 0. The Kier molecular flexibility index (Phi) is 10.5. The Morgan fingerprint density at radius 3 is 1.34 bits per heavy atom. The molecule has 0 amide bonds. The monoisotopic (exact) mass is 832 g/mol. The number of hydrogen-bond donors (Lipinski definition) is 0. The summed E-state index contributed by atoms with van der Waals surface area (Å²) >= 11 is 0. The van der Waals surface area contributed by atoms with E-state index in [0.29, 0.717) is 0 Å². The molecule has 0 saturated carbocycles. The maximum Gasteiger partial charge on any atom is 0.0643 e. The van der Waals surface area contributed by atoms with Crippen molar-refractivity contribution in [2.45, 2.75) is 18.9 Å².